The molecule has 0 aromatic heterocycles. The highest BCUT2D eigenvalue weighted by Crippen LogP contribution is 2.27. The van der Waals surface area contributed by atoms with Crippen molar-refractivity contribution in [3.05, 3.63) is 71.3 Å². The minimum Gasteiger partial charge on any atom is -0.326 e. The second-order valence-electron chi connectivity index (χ2n) is 5.68. The van der Waals surface area contributed by atoms with Crippen LogP contribution in [0.5, 0.6) is 0 Å². The second kappa shape index (κ2) is 7.42. The van der Waals surface area contributed by atoms with Crippen molar-refractivity contribution in [1.29, 1.82) is 5.26 Å². The lowest BCUT2D eigenvalue weighted by Crippen LogP contribution is -2.28. The van der Waals surface area contributed by atoms with Crippen LogP contribution in [-0.2, 0) is 6.54 Å². The summed E-state index contributed by atoms with van der Waals surface area (Å²) in [5.74, 6) is 0.407. The van der Waals surface area contributed by atoms with E-state index in [0.29, 0.717) is 11.5 Å². The number of nitrogens with zero attached hydrogens (tertiary/aromatic N) is 2. The maximum atomic E-state index is 8.83. The van der Waals surface area contributed by atoms with Gasteiger partial charge >= 0.3 is 0 Å². The number of benzene rings is 2. The molecule has 3 nitrogen and oxygen atoms in total. The van der Waals surface area contributed by atoms with Gasteiger partial charge in [0.05, 0.1) is 11.6 Å². The molecule has 0 aliphatic carbocycles. The first-order valence-corrected chi connectivity index (χ1v) is 7.28. The molecule has 2 atom stereocenters. The highest BCUT2D eigenvalue weighted by Gasteiger charge is 2.30. The van der Waals surface area contributed by atoms with Gasteiger partial charge in [-0.05, 0) is 23.3 Å². The van der Waals surface area contributed by atoms with Crippen LogP contribution in [0.1, 0.15) is 22.6 Å². The third-order valence-electron chi connectivity index (χ3n) is 4.16. The second-order valence-corrected chi connectivity index (χ2v) is 5.68. The molecular formula is C18H20ClN3. The standard InChI is InChI=1S/C18H19N3.ClH/c19-10-14-6-8-15(9-7-14)11-21-12-17(18(20)13-21)16-4-2-1-3-5-16;/h1-9,17-18H,11-13,20H2;1H/t17-,18+;/m0./s1. The summed E-state index contributed by atoms with van der Waals surface area (Å²) in [6, 6.07) is 20.7. The van der Waals surface area contributed by atoms with E-state index in [-0.39, 0.29) is 18.4 Å². The minimum absolute atomic E-state index is 0. The lowest BCUT2D eigenvalue weighted by atomic mass is 9.95. The minimum atomic E-state index is 0. The van der Waals surface area contributed by atoms with Crippen molar-refractivity contribution < 1.29 is 0 Å². The molecule has 0 amide bonds. The molecule has 4 heteroatoms. The molecule has 2 aromatic carbocycles. The van der Waals surface area contributed by atoms with Crippen LogP contribution in [0, 0.1) is 11.3 Å². The van der Waals surface area contributed by atoms with Crippen molar-refractivity contribution in [1.82, 2.24) is 4.90 Å². The maximum Gasteiger partial charge on any atom is 0.0991 e. The van der Waals surface area contributed by atoms with Gasteiger partial charge in [0, 0.05) is 31.6 Å². The van der Waals surface area contributed by atoms with E-state index >= 15 is 0 Å². The van der Waals surface area contributed by atoms with Crippen molar-refractivity contribution in [2.45, 2.75) is 18.5 Å². The molecule has 3 rings (SSSR count). The lowest BCUT2D eigenvalue weighted by molar-refractivity contribution is 0.324. The highest BCUT2D eigenvalue weighted by atomic mass is 35.5. The molecule has 2 aromatic rings. The van der Waals surface area contributed by atoms with E-state index in [0.717, 1.165) is 19.6 Å². The van der Waals surface area contributed by atoms with E-state index in [2.05, 4.69) is 35.2 Å². The van der Waals surface area contributed by atoms with Crippen molar-refractivity contribution in [3.63, 3.8) is 0 Å². The molecule has 1 fully saturated rings. The number of hydrogen-bond donors (Lipinski definition) is 1. The van der Waals surface area contributed by atoms with Crippen LogP contribution in [0.4, 0.5) is 0 Å². The van der Waals surface area contributed by atoms with E-state index in [1.807, 2.05) is 30.3 Å². The lowest BCUT2D eigenvalue weighted by Gasteiger charge is -2.16. The summed E-state index contributed by atoms with van der Waals surface area (Å²) in [5, 5.41) is 8.83. The molecule has 0 radical (unpaired) electrons. The number of nitrogens with two attached hydrogens (primary N) is 1. The first kappa shape index (κ1) is 16.5. The molecule has 1 saturated heterocycles. The Labute approximate surface area is 137 Å². The van der Waals surface area contributed by atoms with E-state index < -0.39 is 0 Å². The summed E-state index contributed by atoms with van der Waals surface area (Å²) >= 11 is 0. The van der Waals surface area contributed by atoms with Gasteiger partial charge in [0.2, 0.25) is 0 Å². The molecule has 1 aliphatic heterocycles. The Morgan fingerprint density at radius 2 is 1.73 bits per heavy atom. The maximum absolute atomic E-state index is 8.83. The van der Waals surface area contributed by atoms with E-state index in [4.69, 9.17) is 11.0 Å². The summed E-state index contributed by atoms with van der Waals surface area (Å²) < 4.78 is 0. The van der Waals surface area contributed by atoms with E-state index in [1.165, 1.54) is 11.1 Å². The molecule has 22 heavy (non-hydrogen) atoms. The molecule has 1 heterocycles. The van der Waals surface area contributed by atoms with Gasteiger partial charge in [-0.2, -0.15) is 5.26 Å². The molecule has 1 aliphatic rings. The van der Waals surface area contributed by atoms with Gasteiger partial charge in [-0.3, -0.25) is 4.90 Å². The molecule has 0 spiro atoms. The SMILES string of the molecule is Cl.N#Cc1ccc(CN2C[C@@H](N)[C@H](c3ccccc3)C2)cc1. The van der Waals surface area contributed by atoms with Gasteiger partial charge in [-0.25, -0.2) is 0 Å². The number of hydrogen-bond acceptors (Lipinski definition) is 3. The number of nitriles is 1. The summed E-state index contributed by atoms with van der Waals surface area (Å²) in [5.41, 5.74) is 9.58. The average molecular weight is 314 g/mol. The van der Waals surface area contributed by atoms with Crippen LogP contribution >= 0.6 is 12.4 Å². The molecule has 0 unspecified atom stereocenters. The fourth-order valence-electron chi connectivity index (χ4n) is 3.04. The molecule has 114 valence electrons. The van der Waals surface area contributed by atoms with Crippen LogP contribution in [-0.4, -0.2) is 24.0 Å². The molecule has 0 saturated carbocycles. The Bertz CT molecular complexity index is 634. The summed E-state index contributed by atoms with van der Waals surface area (Å²) in [6.07, 6.45) is 0. The van der Waals surface area contributed by atoms with Gasteiger partial charge in [0.1, 0.15) is 0 Å². The molecule has 2 N–H and O–H groups in total. The summed E-state index contributed by atoms with van der Waals surface area (Å²) in [4.78, 5) is 2.39. The molecule has 0 bridgehead atoms. The van der Waals surface area contributed by atoms with Gasteiger partial charge in [0.25, 0.3) is 0 Å². The predicted molar refractivity (Wildman–Crippen MR) is 90.8 cm³/mol. The first-order chi connectivity index (χ1) is 10.3. The monoisotopic (exact) mass is 313 g/mol. The van der Waals surface area contributed by atoms with Crippen molar-refractivity contribution in [2.75, 3.05) is 13.1 Å². The van der Waals surface area contributed by atoms with Gasteiger partial charge < -0.3 is 5.73 Å². The third-order valence-corrected chi connectivity index (χ3v) is 4.16. The smallest absolute Gasteiger partial charge is 0.0991 e. The van der Waals surface area contributed by atoms with Crippen molar-refractivity contribution in [3.8, 4) is 6.07 Å². The third kappa shape index (κ3) is 3.66. The Kier molecular flexibility index (Phi) is 5.57. The van der Waals surface area contributed by atoms with Gasteiger partial charge in [-0.1, -0.05) is 42.5 Å². The van der Waals surface area contributed by atoms with Gasteiger partial charge in [-0.15, -0.1) is 12.4 Å². The Balaban J connectivity index is 0.00000176. The number of rotatable bonds is 3. The normalized spacial score (nSPS) is 21.1. The zero-order valence-corrected chi connectivity index (χ0v) is 13.2. The van der Waals surface area contributed by atoms with Crippen LogP contribution in [0.2, 0.25) is 0 Å². The summed E-state index contributed by atoms with van der Waals surface area (Å²) in [6.45, 7) is 2.80. The highest BCUT2D eigenvalue weighted by molar-refractivity contribution is 5.85. The topological polar surface area (TPSA) is 53.0 Å². The Hall–Kier alpha value is -1.86. The predicted octanol–water partition coefficient (Wildman–Crippen LogP) is 2.91. The molecular weight excluding hydrogens is 294 g/mol. The first-order valence-electron chi connectivity index (χ1n) is 7.28. The van der Waals surface area contributed by atoms with Crippen LogP contribution in [0.25, 0.3) is 0 Å². The Morgan fingerprint density at radius 1 is 1.05 bits per heavy atom. The van der Waals surface area contributed by atoms with Crippen LogP contribution < -0.4 is 5.73 Å². The fraction of sp³-hybridized carbons (Fsp3) is 0.278. The van der Waals surface area contributed by atoms with E-state index in [1.54, 1.807) is 0 Å². The zero-order chi connectivity index (χ0) is 14.7. The zero-order valence-electron chi connectivity index (χ0n) is 12.4. The largest absolute Gasteiger partial charge is 0.326 e. The number of halogens is 1. The van der Waals surface area contributed by atoms with Crippen LogP contribution in [0.15, 0.2) is 54.6 Å². The summed E-state index contributed by atoms with van der Waals surface area (Å²) in [7, 11) is 0. The Morgan fingerprint density at radius 3 is 2.36 bits per heavy atom. The fourth-order valence-corrected chi connectivity index (χ4v) is 3.04. The van der Waals surface area contributed by atoms with E-state index in [9.17, 15) is 0 Å². The van der Waals surface area contributed by atoms with Crippen molar-refractivity contribution >= 4 is 12.4 Å². The average Bonchev–Trinajstić information content (AvgIpc) is 2.89. The van der Waals surface area contributed by atoms with Gasteiger partial charge in [0.15, 0.2) is 0 Å². The quantitative estimate of drug-likeness (QED) is 0.948. The van der Waals surface area contributed by atoms with Crippen LogP contribution in [0.3, 0.4) is 0 Å². The van der Waals surface area contributed by atoms with Crippen molar-refractivity contribution in [2.24, 2.45) is 5.73 Å². The number of likely N-dealkylation sites (tertiary alicyclic amines) is 1.